The number of rotatable bonds is 2. The lowest BCUT2D eigenvalue weighted by Crippen LogP contribution is -2.63. The summed E-state index contributed by atoms with van der Waals surface area (Å²) in [4.78, 5) is 18.7. The van der Waals surface area contributed by atoms with Crippen molar-refractivity contribution in [3.8, 4) is 0 Å². The van der Waals surface area contributed by atoms with Crippen LogP contribution in [0.2, 0.25) is 0 Å². The number of morpholine rings is 1. The van der Waals surface area contributed by atoms with Crippen LogP contribution in [-0.4, -0.2) is 47.1 Å². The Hall–Kier alpha value is -1.46. The van der Waals surface area contributed by atoms with E-state index in [9.17, 15) is 4.79 Å². The summed E-state index contributed by atoms with van der Waals surface area (Å²) in [6.07, 6.45) is 1.92. The summed E-state index contributed by atoms with van der Waals surface area (Å²) < 4.78 is 5.97. The fraction of sp³-hybridized carbons (Fsp3) is 0.625. The Morgan fingerprint density at radius 2 is 2.19 bits per heavy atom. The summed E-state index contributed by atoms with van der Waals surface area (Å²) >= 11 is 0. The molecule has 114 valence electrons. The Labute approximate surface area is 125 Å². The second kappa shape index (κ2) is 5.73. The molecule has 0 radical (unpaired) electrons. The minimum absolute atomic E-state index is 0.0648. The molecular formula is C16H23N3O2. The predicted molar refractivity (Wildman–Crippen MR) is 79.8 cm³/mol. The highest BCUT2D eigenvalue weighted by Gasteiger charge is 2.46. The fourth-order valence-corrected chi connectivity index (χ4v) is 3.41. The molecule has 1 amide bonds. The third kappa shape index (κ3) is 2.80. The average Bonchev–Trinajstić information content (AvgIpc) is 2.49. The van der Waals surface area contributed by atoms with Gasteiger partial charge in [-0.2, -0.15) is 0 Å². The maximum absolute atomic E-state index is 12.3. The summed E-state index contributed by atoms with van der Waals surface area (Å²) in [6.45, 7) is 6.75. The number of nitrogens with one attached hydrogen (secondary N) is 1. The number of amides is 1. The van der Waals surface area contributed by atoms with E-state index in [0.29, 0.717) is 6.54 Å². The molecule has 5 heteroatoms. The van der Waals surface area contributed by atoms with Crippen LogP contribution in [0, 0.1) is 6.92 Å². The van der Waals surface area contributed by atoms with Gasteiger partial charge in [0.1, 0.15) is 6.61 Å². The quantitative estimate of drug-likeness (QED) is 0.890. The zero-order valence-electron chi connectivity index (χ0n) is 12.8. The number of carbonyl (C=O) groups excluding carboxylic acids is 1. The Balaban J connectivity index is 1.80. The lowest BCUT2D eigenvalue weighted by atomic mass is 9.83. The van der Waals surface area contributed by atoms with Gasteiger partial charge in [0.05, 0.1) is 23.9 Å². The summed E-state index contributed by atoms with van der Waals surface area (Å²) in [6, 6.07) is 6.04. The molecule has 21 heavy (non-hydrogen) atoms. The van der Waals surface area contributed by atoms with Gasteiger partial charge in [0.25, 0.3) is 0 Å². The number of nitrogens with zero attached hydrogens (tertiary/aromatic N) is 2. The van der Waals surface area contributed by atoms with E-state index in [-0.39, 0.29) is 24.2 Å². The van der Waals surface area contributed by atoms with Crippen molar-refractivity contribution >= 4 is 5.91 Å². The van der Waals surface area contributed by atoms with E-state index >= 15 is 0 Å². The first-order valence-electron chi connectivity index (χ1n) is 7.67. The fourth-order valence-electron chi connectivity index (χ4n) is 3.41. The Kier molecular flexibility index (Phi) is 3.95. The summed E-state index contributed by atoms with van der Waals surface area (Å²) in [5.74, 6) is 0.0648. The Bertz CT molecular complexity index is 526. The van der Waals surface area contributed by atoms with Crippen molar-refractivity contribution in [2.45, 2.75) is 44.9 Å². The van der Waals surface area contributed by atoms with Gasteiger partial charge in [0, 0.05) is 5.69 Å². The zero-order chi connectivity index (χ0) is 14.9. The number of ether oxygens (including phenoxy) is 1. The number of pyridine rings is 1. The van der Waals surface area contributed by atoms with Crippen LogP contribution in [0.5, 0.6) is 0 Å². The van der Waals surface area contributed by atoms with E-state index in [0.717, 1.165) is 37.3 Å². The van der Waals surface area contributed by atoms with Gasteiger partial charge < -0.3 is 15.0 Å². The van der Waals surface area contributed by atoms with Crippen molar-refractivity contribution in [2.75, 3.05) is 19.7 Å². The first kappa shape index (κ1) is 14.5. The van der Waals surface area contributed by atoms with E-state index in [2.05, 4.69) is 17.2 Å². The second-order valence-electron chi connectivity index (χ2n) is 6.07. The SMILES string of the molecule is Cc1cccc(CN2C(=O)COC3(CCNCC3)C2C)n1. The molecule has 2 aliphatic rings. The molecule has 1 aromatic rings. The van der Waals surface area contributed by atoms with Gasteiger partial charge in [-0.05, 0) is 51.9 Å². The Morgan fingerprint density at radius 1 is 1.43 bits per heavy atom. The third-order valence-electron chi connectivity index (χ3n) is 4.76. The van der Waals surface area contributed by atoms with E-state index < -0.39 is 0 Å². The van der Waals surface area contributed by atoms with Crippen molar-refractivity contribution in [3.05, 3.63) is 29.6 Å². The monoisotopic (exact) mass is 289 g/mol. The molecule has 1 aromatic heterocycles. The second-order valence-corrected chi connectivity index (χ2v) is 6.07. The lowest BCUT2D eigenvalue weighted by molar-refractivity contribution is -0.183. The van der Waals surface area contributed by atoms with E-state index in [1.807, 2.05) is 30.0 Å². The average molecular weight is 289 g/mol. The van der Waals surface area contributed by atoms with Crippen LogP contribution in [-0.2, 0) is 16.1 Å². The minimum atomic E-state index is -0.191. The van der Waals surface area contributed by atoms with Crippen LogP contribution >= 0.6 is 0 Å². The van der Waals surface area contributed by atoms with Gasteiger partial charge in [-0.25, -0.2) is 0 Å². The van der Waals surface area contributed by atoms with Gasteiger partial charge in [0.15, 0.2) is 0 Å². The number of aromatic nitrogens is 1. The number of hydrogen-bond acceptors (Lipinski definition) is 4. The Morgan fingerprint density at radius 3 is 2.90 bits per heavy atom. The summed E-state index contributed by atoms with van der Waals surface area (Å²) in [7, 11) is 0. The van der Waals surface area contributed by atoms with Gasteiger partial charge in [-0.3, -0.25) is 9.78 Å². The highest BCUT2D eigenvalue weighted by atomic mass is 16.5. The largest absolute Gasteiger partial charge is 0.363 e. The van der Waals surface area contributed by atoms with Gasteiger partial charge >= 0.3 is 0 Å². The molecule has 2 fully saturated rings. The lowest BCUT2D eigenvalue weighted by Gasteiger charge is -2.50. The van der Waals surface area contributed by atoms with Gasteiger partial charge in [0.2, 0.25) is 5.91 Å². The van der Waals surface area contributed by atoms with Gasteiger partial charge in [-0.15, -0.1) is 0 Å². The van der Waals surface area contributed by atoms with E-state index in [1.165, 1.54) is 0 Å². The number of aryl methyl sites for hydroxylation is 1. The summed E-state index contributed by atoms with van der Waals surface area (Å²) in [5.41, 5.74) is 1.74. The summed E-state index contributed by atoms with van der Waals surface area (Å²) in [5, 5.41) is 3.36. The van der Waals surface area contributed by atoms with Crippen molar-refractivity contribution in [3.63, 3.8) is 0 Å². The van der Waals surface area contributed by atoms with Crippen molar-refractivity contribution < 1.29 is 9.53 Å². The molecule has 0 bridgehead atoms. The molecule has 1 atom stereocenters. The standard InChI is InChI=1S/C16H23N3O2/c1-12-4-3-5-14(18-12)10-19-13(2)16(21-11-15(19)20)6-8-17-9-7-16/h3-5,13,17H,6-11H2,1-2H3. The molecule has 5 nitrogen and oxygen atoms in total. The molecule has 3 heterocycles. The first-order chi connectivity index (χ1) is 10.1. The van der Waals surface area contributed by atoms with Crippen LogP contribution in [0.1, 0.15) is 31.2 Å². The van der Waals surface area contributed by atoms with Crippen LogP contribution < -0.4 is 5.32 Å². The molecule has 3 rings (SSSR count). The van der Waals surface area contributed by atoms with Crippen LogP contribution in [0.25, 0.3) is 0 Å². The molecule has 0 saturated carbocycles. The smallest absolute Gasteiger partial charge is 0.249 e. The normalized spacial score (nSPS) is 25.3. The van der Waals surface area contributed by atoms with Gasteiger partial charge in [-0.1, -0.05) is 6.07 Å². The van der Waals surface area contributed by atoms with Crippen molar-refractivity contribution in [1.29, 1.82) is 0 Å². The van der Waals surface area contributed by atoms with E-state index in [4.69, 9.17) is 4.74 Å². The maximum atomic E-state index is 12.3. The van der Waals surface area contributed by atoms with Crippen LogP contribution in [0.4, 0.5) is 0 Å². The van der Waals surface area contributed by atoms with Crippen LogP contribution in [0.15, 0.2) is 18.2 Å². The molecule has 0 aliphatic carbocycles. The first-order valence-corrected chi connectivity index (χ1v) is 7.67. The molecule has 2 aliphatic heterocycles. The predicted octanol–water partition coefficient (Wildman–Crippen LogP) is 1.26. The molecule has 2 saturated heterocycles. The molecule has 1 N–H and O–H groups in total. The third-order valence-corrected chi connectivity index (χ3v) is 4.76. The number of carbonyl (C=O) groups is 1. The van der Waals surface area contributed by atoms with E-state index in [1.54, 1.807) is 0 Å². The number of hydrogen-bond donors (Lipinski definition) is 1. The minimum Gasteiger partial charge on any atom is -0.363 e. The highest BCUT2D eigenvalue weighted by molar-refractivity contribution is 5.78. The number of piperidine rings is 1. The molecule has 1 spiro atoms. The topological polar surface area (TPSA) is 54.5 Å². The van der Waals surface area contributed by atoms with Crippen molar-refractivity contribution in [1.82, 2.24) is 15.2 Å². The highest BCUT2D eigenvalue weighted by Crippen LogP contribution is 2.34. The maximum Gasteiger partial charge on any atom is 0.249 e. The van der Waals surface area contributed by atoms with Crippen molar-refractivity contribution in [2.24, 2.45) is 0 Å². The van der Waals surface area contributed by atoms with Crippen LogP contribution in [0.3, 0.4) is 0 Å². The molecule has 1 unspecified atom stereocenters. The zero-order valence-corrected chi connectivity index (χ0v) is 12.8. The molecular weight excluding hydrogens is 266 g/mol. The molecule has 0 aromatic carbocycles.